The van der Waals surface area contributed by atoms with E-state index in [0.717, 1.165) is 23.3 Å². The molecule has 0 saturated carbocycles. The molecule has 1 aliphatic carbocycles. The third-order valence-corrected chi connectivity index (χ3v) is 9.86. The standard InChI is InChI=1S/C28H20O6S2/c1-17-7-11-19(12-8-17)35(31,32)23-15-16-24(36(33,34)20-13-9-18(2)10-14-20)26-25(23)27(29)21-5-3-4-6-22(21)28(26)30/h3-16H,1-2H3. The molecule has 0 spiro atoms. The Hall–Kier alpha value is -3.88. The van der Waals surface area contributed by atoms with Gasteiger partial charge in [0.1, 0.15) is 0 Å². The molecule has 0 bridgehead atoms. The number of hydrogen-bond donors (Lipinski definition) is 0. The van der Waals surface area contributed by atoms with E-state index in [2.05, 4.69) is 0 Å². The van der Waals surface area contributed by atoms with Crippen LogP contribution in [-0.4, -0.2) is 28.4 Å². The summed E-state index contributed by atoms with van der Waals surface area (Å²) in [5, 5.41) is 0. The van der Waals surface area contributed by atoms with Crippen LogP contribution >= 0.6 is 0 Å². The largest absolute Gasteiger partial charge is 0.289 e. The number of rotatable bonds is 4. The first-order chi connectivity index (χ1) is 17.0. The maximum Gasteiger partial charge on any atom is 0.207 e. The van der Waals surface area contributed by atoms with Gasteiger partial charge in [0.05, 0.1) is 30.7 Å². The predicted molar refractivity (Wildman–Crippen MR) is 133 cm³/mol. The first kappa shape index (κ1) is 23.8. The fraction of sp³-hybridized carbons (Fsp3) is 0.0714. The van der Waals surface area contributed by atoms with Crippen molar-refractivity contribution in [1.29, 1.82) is 0 Å². The quantitative estimate of drug-likeness (QED) is 0.342. The van der Waals surface area contributed by atoms with Gasteiger partial charge in [0.2, 0.25) is 19.7 Å². The summed E-state index contributed by atoms with van der Waals surface area (Å²) in [6, 6.07) is 20.4. The van der Waals surface area contributed by atoms with Crippen LogP contribution in [0.15, 0.2) is 105 Å². The van der Waals surface area contributed by atoms with Gasteiger partial charge in [0, 0.05) is 11.1 Å². The molecule has 6 nitrogen and oxygen atoms in total. The highest BCUT2D eigenvalue weighted by atomic mass is 32.2. The van der Waals surface area contributed by atoms with Crippen molar-refractivity contribution in [3.05, 3.63) is 118 Å². The van der Waals surface area contributed by atoms with E-state index in [0.29, 0.717) is 0 Å². The lowest BCUT2D eigenvalue weighted by Crippen LogP contribution is -2.26. The Bertz CT molecular complexity index is 1650. The first-order valence-electron chi connectivity index (χ1n) is 11.0. The van der Waals surface area contributed by atoms with E-state index in [-0.39, 0.29) is 20.9 Å². The molecule has 4 aromatic rings. The second kappa shape index (κ2) is 8.36. The van der Waals surface area contributed by atoms with Crippen molar-refractivity contribution in [3.8, 4) is 0 Å². The molecule has 0 saturated heterocycles. The van der Waals surface area contributed by atoms with Crippen LogP contribution in [-0.2, 0) is 19.7 Å². The number of benzene rings is 4. The first-order valence-corrected chi connectivity index (χ1v) is 14.0. The molecule has 0 radical (unpaired) electrons. The predicted octanol–water partition coefficient (Wildman–Crippen LogP) is 4.74. The van der Waals surface area contributed by atoms with Crippen molar-refractivity contribution in [2.24, 2.45) is 0 Å². The molecule has 0 N–H and O–H groups in total. The summed E-state index contributed by atoms with van der Waals surface area (Å²) in [6.45, 7) is 3.62. The molecule has 5 rings (SSSR count). The highest BCUT2D eigenvalue weighted by Gasteiger charge is 2.40. The number of fused-ring (bicyclic) bond motifs is 2. The Morgan fingerprint density at radius 1 is 0.472 bits per heavy atom. The van der Waals surface area contributed by atoms with Crippen LogP contribution in [0.2, 0.25) is 0 Å². The number of carbonyl (C=O) groups excluding carboxylic acids is 2. The van der Waals surface area contributed by atoms with Crippen LogP contribution < -0.4 is 0 Å². The van der Waals surface area contributed by atoms with Gasteiger partial charge >= 0.3 is 0 Å². The van der Waals surface area contributed by atoms with Crippen molar-refractivity contribution < 1.29 is 26.4 Å². The minimum absolute atomic E-state index is 0.0280. The van der Waals surface area contributed by atoms with Crippen molar-refractivity contribution in [2.45, 2.75) is 33.4 Å². The van der Waals surface area contributed by atoms with E-state index in [4.69, 9.17) is 0 Å². The molecule has 0 unspecified atom stereocenters. The zero-order valence-electron chi connectivity index (χ0n) is 19.3. The maximum atomic E-state index is 13.7. The van der Waals surface area contributed by atoms with Gasteiger partial charge in [-0.15, -0.1) is 0 Å². The van der Waals surface area contributed by atoms with Crippen LogP contribution in [0.4, 0.5) is 0 Å². The van der Waals surface area contributed by atoms with E-state index in [1.807, 2.05) is 13.8 Å². The molecule has 0 aromatic heterocycles. The van der Waals surface area contributed by atoms with Crippen molar-refractivity contribution in [1.82, 2.24) is 0 Å². The van der Waals surface area contributed by atoms with Gasteiger partial charge in [-0.1, -0.05) is 59.7 Å². The monoisotopic (exact) mass is 516 g/mol. The molecule has 1 aliphatic rings. The summed E-state index contributed by atoms with van der Waals surface area (Å²) in [4.78, 5) is 26.4. The van der Waals surface area contributed by atoms with E-state index < -0.39 is 52.2 Å². The van der Waals surface area contributed by atoms with Crippen LogP contribution in [0.1, 0.15) is 43.0 Å². The number of hydrogen-bond acceptors (Lipinski definition) is 6. The van der Waals surface area contributed by atoms with Crippen molar-refractivity contribution in [3.63, 3.8) is 0 Å². The smallest absolute Gasteiger partial charge is 0.207 e. The molecule has 8 heteroatoms. The van der Waals surface area contributed by atoms with Gasteiger partial charge in [0.15, 0.2) is 11.6 Å². The number of sulfone groups is 2. The highest BCUT2D eigenvalue weighted by Crippen LogP contribution is 2.39. The average molecular weight is 517 g/mol. The van der Waals surface area contributed by atoms with Crippen LogP contribution in [0.5, 0.6) is 0 Å². The fourth-order valence-electron chi connectivity index (χ4n) is 4.30. The Labute approximate surface area is 209 Å². The Morgan fingerprint density at radius 2 is 0.806 bits per heavy atom. The Kier molecular flexibility index (Phi) is 5.54. The minimum atomic E-state index is -4.26. The van der Waals surface area contributed by atoms with E-state index in [9.17, 15) is 26.4 Å². The molecule has 0 aliphatic heterocycles. The summed E-state index contributed by atoms with van der Waals surface area (Å²) in [6.07, 6.45) is 0. The highest BCUT2D eigenvalue weighted by molar-refractivity contribution is 7.92. The second-order valence-electron chi connectivity index (χ2n) is 8.65. The van der Waals surface area contributed by atoms with Crippen molar-refractivity contribution >= 4 is 31.2 Å². The van der Waals surface area contributed by atoms with Gasteiger partial charge in [-0.2, -0.15) is 0 Å². The van der Waals surface area contributed by atoms with Crippen LogP contribution in [0.25, 0.3) is 0 Å². The van der Waals surface area contributed by atoms with E-state index in [1.54, 1.807) is 36.4 Å². The Balaban J connectivity index is 1.85. The molecular formula is C28H20O6S2. The topological polar surface area (TPSA) is 102 Å². The van der Waals surface area contributed by atoms with Gasteiger partial charge < -0.3 is 0 Å². The molecular weight excluding hydrogens is 496 g/mol. The SMILES string of the molecule is Cc1ccc(S(=O)(=O)c2ccc(S(=O)(=O)c3ccc(C)cc3)c3c2C(=O)c2ccccc2C3=O)cc1. The van der Waals surface area contributed by atoms with Crippen molar-refractivity contribution in [2.75, 3.05) is 0 Å². The zero-order chi connectivity index (χ0) is 25.8. The summed E-state index contributed by atoms with van der Waals surface area (Å²) >= 11 is 0. The van der Waals surface area contributed by atoms with Gasteiger partial charge in [-0.05, 0) is 50.2 Å². The van der Waals surface area contributed by atoms with E-state index >= 15 is 0 Å². The van der Waals surface area contributed by atoms with Crippen LogP contribution in [0.3, 0.4) is 0 Å². The lowest BCUT2D eigenvalue weighted by molar-refractivity contribution is 0.0974. The molecule has 180 valence electrons. The maximum absolute atomic E-state index is 13.7. The summed E-state index contributed by atoms with van der Waals surface area (Å²) in [5.41, 5.74) is 0.895. The molecule has 0 amide bonds. The fourth-order valence-corrected chi connectivity index (χ4v) is 7.22. The van der Waals surface area contributed by atoms with Gasteiger partial charge in [-0.25, -0.2) is 16.8 Å². The zero-order valence-corrected chi connectivity index (χ0v) is 21.0. The summed E-state index contributed by atoms with van der Waals surface area (Å²) in [7, 11) is -8.51. The molecule has 0 heterocycles. The number of carbonyl (C=O) groups is 2. The minimum Gasteiger partial charge on any atom is -0.289 e. The average Bonchev–Trinajstić information content (AvgIpc) is 2.87. The molecule has 0 atom stereocenters. The number of aryl methyl sites for hydroxylation is 2. The third kappa shape index (κ3) is 3.61. The molecule has 0 fully saturated rings. The molecule has 4 aromatic carbocycles. The lowest BCUT2D eigenvalue weighted by Gasteiger charge is -2.23. The summed E-state index contributed by atoms with van der Waals surface area (Å²) < 4.78 is 54.5. The lowest BCUT2D eigenvalue weighted by atomic mass is 9.84. The van der Waals surface area contributed by atoms with Gasteiger partial charge in [-0.3, -0.25) is 9.59 Å². The molecule has 36 heavy (non-hydrogen) atoms. The van der Waals surface area contributed by atoms with E-state index in [1.165, 1.54) is 36.4 Å². The number of ketones is 2. The third-order valence-electron chi connectivity index (χ3n) is 6.24. The normalized spacial score (nSPS) is 13.3. The summed E-state index contributed by atoms with van der Waals surface area (Å²) in [5.74, 6) is -1.43. The van der Waals surface area contributed by atoms with Gasteiger partial charge in [0.25, 0.3) is 0 Å². The second-order valence-corrected chi connectivity index (χ2v) is 12.5. The van der Waals surface area contributed by atoms with Crippen LogP contribution in [0, 0.1) is 13.8 Å². The Morgan fingerprint density at radius 3 is 1.14 bits per heavy atom.